The van der Waals surface area contributed by atoms with Crippen molar-refractivity contribution in [3.8, 4) is 11.8 Å². The van der Waals surface area contributed by atoms with Gasteiger partial charge in [-0.3, -0.25) is 0 Å². The molecule has 30 heavy (non-hydrogen) atoms. The Hall–Kier alpha value is -3.26. The van der Waals surface area contributed by atoms with Crippen molar-refractivity contribution in [2.24, 2.45) is 0 Å². The van der Waals surface area contributed by atoms with E-state index in [9.17, 15) is 5.26 Å². The van der Waals surface area contributed by atoms with Gasteiger partial charge in [0.15, 0.2) is 0 Å². The van der Waals surface area contributed by atoms with E-state index in [4.69, 9.17) is 27.9 Å². The van der Waals surface area contributed by atoms with E-state index < -0.39 is 0 Å². The first-order valence-corrected chi connectivity index (χ1v) is 10.1. The van der Waals surface area contributed by atoms with Crippen LogP contribution in [0.4, 0.5) is 0 Å². The molecule has 148 valence electrons. The fourth-order valence-corrected chi connectivity index (χ4v) is 3.61. The topological polar surface area (TPSA) is 50.8 Å². The van der Waals surface area contributed by atoms with Crippen molar-refractivity contribution in [2.45, 2.75) is 13.2 Å². The highest BCUT2D eigenvalue weighted by Gasteiger charge is 2.08. The highest BCUT2D eigenvalue weighted by Crippen LogP contribution is 2.26. The standard InChI is InChI=1S/C24H17Cl2N3O/c25-20-10-9-19(21(26)12-20)15-30-24-8-4-1-5-18(24)11-17(13-27)14-29-16-28-22-6-2-3-7-23(22)29/h1-12,16H,14-15H2/b17-11-. The van der Waals surface area contributed by atoms with Gasteiger partial charge in [-0.2, -0.15) is 5.26 Å². The van der Waals surface area contributed by atoms with Crippen molar-refractivity contribution >= 4 is 40.3 Å². The number of rotatable bonds is 6. The van der Waals surface area contributed by atoms with Crippen molar-refractivity contribution in [3.63, 3.8) is 0 Å². The molecule has 0 atom stereocenters. The van der Waals surface area contributed by atoms with Crippen LogP contribution in [0.2, 0.25) is 10.0 Å². The highest BCUT2D eigenvalue weighted by molar-refractivity contribution is 6.35. The summed E-state index contributed by atoms with van der Waals surface area (Å²) in [7, 11) is 0. The van der Waals surface area contributed by atoms with E-state index in [1.807, 2.05) is 65.2 Å². The summed E-state index contributed by atoms with van der Waals surface area (Å²) in [5, 5.41) is 10.8. The second-order valence-electron chi connectivity index (χ2n) is 6.70. The van der Waals surface area contributed by atoms with Gasteiger partial charge in [0.2, 0.25) is 0 Å². The van der Waals surface area contributed by atoms with Crippen LogP contribution < -0.4 is 4.74 Å². The van der Waals surface area contributed by atoms with Crippen molar-refractivity contribution in [2.75, 3.05) is 0 Å². The molecule has 0 fully saturated rings. The Morgan fingerprint density at radius 1 is 1.07 bits per heavy atom. The Bertz CT molecular complexity index is 1270. The minimum absolute atomic E-state index is 0.300. The van der Waals surface area contributed by atoms with Gasteiger partial charge in [-0.1, -0.05) is 59.6 Å². The monoisotopic (exact) mass is 433 g/mol. The summed E-state index contributed by atoms with van der Waals surface area (Å²) in [6.07, 6.45) is 3.59. The summed E-state index contributed by atoms with van der Waals surface area (Å²) in [6.45, 7) is 0.725. The predicted octanol–water partition coefficient (Wildman–Crippen LogP) is 6.53. The lowest BCUT2D eigenvalue weighted by Crippen LogP contribution is -2.00. The number of fused-ring (bicyclic) bond motifs is 1. The number of benzene rings is 3. The third kappa shape index (κ3) is 4.49. The maximum Gasteiger partial charge on any atom is 0.127 e. The number of allylic oxidation sites excluding steroid dienone is 1. The van der Waals surface area contributed by atoms with Crippen LogP contribution in [-0.4, -0.2) is 9.55 Å². The minimum Gasteiger partial charge on any atom is -0.488 e. The van der Waals surface area contributed by atoms with Gasteiger partial charge in [-0.25, -0.2) is 4.98 Å². The molecule has 4 aromatic rings. The van der Waals surface area contributed by atoms with Crippen molar-refractivity contribution in [1.82, 2.24) is 9.55 Å². The summed E-state index contributed by atoms with van der Waals surface area (Å²) in [4.78, 5) is 4.39. The molecule has 0 radical (unpaired) electrons. The summed E-state index contributed by atoms with van der Waals surface area (Å²) < 4.78 is 7.95. The van der Waals surface area contributed by atoms with Crippen LogP contribution in [0.5, 0.6) is 5.75 Å². The lowest BCUT2D eigenvalue weighted by molar-refractivity contribution is 0.305. The van der Waals surface area contributed by atoms with E-state index in [-0.39, 0.29) is 0 Å². The average Bonchev–Trinajstić information content (AvgIpc) is 3.16. The fourth-order valence-electron chi connectivity index (χ4n) is 3.15. The van der Waals surface area contributed by atoms with Gasteiger partial charge in [0.05, 0.1) is 35.5 Å². The minimum atomic E-state index is 0.300. The van der Waals surface area contributed by atoms with Gasteiger partial charge >= 0.3 is 0 Å². The molecule has 0 saturated carbocycles. The molecular weight excluding hydrogens is 417 g/mol. The maximum absolute atomic E-state index is 9.70. The second kappa shape index (κ2) is 9.04. The van der Waals surface area contributed by atoms with Crippen LogP contribution in [0, 0.1) is 11.3 Å². The molecule has 0 aliphatic rings. The van der Waals surface area contributed by atoms with E-state index >= 15 is 0 Å². The van der Waals surface area contributed by atoms with Crippen LogP contribution in [-0.2, 0) is 13.2 Å². The molecule has 0 saturated heterocycles. The molecule has 6 heteroatoms. The number of ether oxygens (including phenoxy) is 1. The smallest absolute Gasteiger partial charge is 0.127 e. The Balaban J connectivity index is 1.57. The van der Waals surface area contributed by atoms with Gasteiger partial charge in [-0.15, -0.1) is 0 Å². The quantitative estimate of drug-likeness (QED) is 0.324. The summed E-state index contributed by atoms with van der Waals surface area (Å²) in [6, 6.07) is 23.0. The van der Waals surface area contributed by atoms with Gasteiger partial charge in [0.1, 0.15) is 12.4 Å². The van der Waals surface area contributed by atoms with E-state index in [1.54, 1.807) is 18.5 Å². The Morgan fingerprint density at radius 3 is 2.70 bits per heavy atom. The number of hydrogen-bond acceptors (Lipinski definition) is 3. The molecule has 0 spiro atoms. The van der Waals surface area contributed by atoms with Gasteiger partial charge in [0.25, 0.3) is 0 Å². The molecule has 4 nitrogen and oxygen atoms in total. The Morgan fingerprint density at radius 2 is 1.87 bits per heavy atom. The zero-order chi connectivity index (χ0) is 20.9. The highest BCUT2D eigenvalue weighted by atomic mass is 35.5. The molecule has 1 aromatic heterocycles. The van der Waals surface area contributed by atoms with Crippen molar-refractivity contribution in [3.05, 3.63) is 99.8 Å². The Labute approximate surface area is 184 Å². The molecule has 0 amide bonds. The van der Waals surface area contributed by atoms with Crippen LogP contribution in [0.15, 0.2) is 78.6 Å². The number of nitriles is 1. The predicted molar refractivity (Wildman–Crippen MR) is 121 cm³/mol. The first-order valence-electron chi connectivity index (χ1n) is 9.30. The lowest BCUT2D eigenvalue weighted by Gasteiger charge is -2.11. The van der Waals surface area contributed by atoms with E-state index in [0.717, 1.165) is 22.2 Å². The van der Waals surface area contributed by atoms with Gasteiger partial charge in [-0.05, 0) is 36.4 Å². The van der Waals surface area contributed by atoms with Crippen molar-refractivity contribution < 1.29 is 4.74 Å². The molecular formula is C24H17Cl2N3O. The Kier molecular flexibility index (Phi) is 6.04. The largest absolute Gasteiger partial charge is 0.488 e. The van der Waals surface area contributed by atoms with E-state index in [1.165, 1.54) is 0 Å². The molecule has 4 rings (SSSR count). The van der Waals surface area contributed by atoms with Gasteiger partial charge in [0, 0.05) is 21.2 Å². The van der Waals surface area contributed by atoms with Crippen LogP contribution >= 0.6 is 23.2 Å². The van der Waals surface area contributed by atoms with E-state index in [2.05, 4.69) is 11.1 Å². The third-order valence-electron chi connectivity index (χ3n) is 4.66. The first-order chi connectivity index (χ1) is 14.6. The van der Waals surface area contributed by atoms with Crippen LogP contribution in [0.25, 0.3) is 17.1 Å². The first kappa shape index (κ1) is 20.0. The van der Waals surface area contributed by atoms with Crippen LogP contribution in [0.3, 0.4) is 0 Å². The number of para-hydroxylation sites is 3. The molecule has 1 heterocycles. The fraction of sp³-hybridized carbons (Fsp3) is 0.0833. The SMILES string of the molecule is N#C/C(=C/c1ccccc1OCc1ccc(Cl)cc1Cl)Cn1cnc2ccccc21. The molecule has 0 N–H and O–H groups in total. The number of hydrogen-bond donors (Lipinski definition) is 0. The molecule has 0 unspecified atom stereocenters. The van der Waals surface area contributed by atoms with Crippen molar-refractivity contribution in [1.29, 1.82) is 5.26 Å². The third-order valence-corrected chi connectivity index (χ3v) is 5.25. The molecule has 0 aliphatic heterocycles. The normalized spacial score (nSPS) is 11.4. The van der Waals surface area contributed by atoms with Crippen LogP contribution in [0.1, 0.15) is 11.1 Å². The lowest BCUT2D eigenvalue weighted by atomic mass is 10.1. The molecule has 0 aliphatic carbocycles. The average molecular weight is 434 g/mol. The second-order valence-corrected chi connectivity index (χ2v) is 7.55. The summed E-state index contributed by atoms with van der Waals surface area (Å²) in [5.41, 5.74) is 4.14. The zero-order valence-corrected chi connectivity index (χ0v) is 17.4. The number of nitrogens with zero attached hydrogens (tertiary/aromatic N) is 3. The zero-order valence-electron chi connectivity index (χ0n) is 15.9. The number of imidazole rings is 1. The number of aromatic nitrogens is 2. The summed E-state index contributed by atoms with van der Waals surface area (Å²) >= 11 is 12.2. The van der Waals surface area contributed by atoms with Gasteiger partial charge < -0.3 is 9.30 Å². The molecule has 3 aromatic carbocycles. The van der Waals surface area contributed by atoms with E-state index in [0.29, 0.717) is 34.5 Å². The number of halogens is 2. The molecule has 0 bridgehead atoms. The maximum atomic E-state index is 9.70. The summed E-state index contributed by atoms with van der Waals surface area (Å²) in [5.74, 6) is 0.673.